The number of nitrogens with zero attached hydrogens (tertiary/aromatic N) is 1. The van der Waals surface area contributed by atoms with Crippen LogP contribution >= 0.6 is 0 Å². The summed E-state index contributed by atoms with van der Waals surface area (Å²) in [5.74, 6) is 0.213. The van der Waals surface area contributed by atoms with E-state index in [0.717, 1.165) is 25.9 Å². The van der Waals surface area contributed by atoms with Crippen molar-refractivity contribution in [2.75, 3.05) is 13.1 Å². The van der Waals surface area contributed by atoms with Crippen molar-refractivity contribution in [3.63, 3.8) is 0 Å². The molecular formula is C11H21N3O2. The fourth-order valence-electron chi connectivity index (χ4n) is 2.08. The molecule has 0 aliphatic carbocycles. The maximum Gasteiger partial charge on any atom is 0.224 e. The maximum absolute atomic E-state index is 11.7. The van der Waals surface area contributed by atoms with E-state index in [-0.39, 0.29) is 17.9 Å². The third-order valence-electron chi connectivity index (χ3n) is 2.95. The minimum Gasteiger partial charge on any atom is -0.370 e. The van der Waals surface area contributed by atoms with Gasteiger partial charge in [0.2, 0.25) is 11.8 Å². The van der Waals surface area contributed by atoms with Crippen LogP contribution in [0, 0.1) is 5.92 Å². The Morgan fingerprint density at radius 2 is 1.94 bits per heavy atom. The van der Waals surface area contributed by atoms with Crippen LogP contribution in [0.1, 0.15) is 32.6 Å². The summed E-state index contributed by atoms with van der Waals surface area (Å²) >= 11 is 0. The minimum absolute atomic E-state index is 0.0872. The summed E-state index contributed by atoms with van der Waals surface area (Å²) in [6.45, 7) is 3.28. The molecule has 1 aliphatic heterocycles. The van der Waals surface area contributed by atoms with Gasteiger partial charge in [-0.1, -0.05) is 0 Å². The number of carbonyl (C=O) groups excluding carboxylic acids is 2. The summed E-state index contributed by atoms with van der Waals surface area (Å²) in [6.07, 6.45) is 2.58. The molecule has 1 saturated heterocycles. The second-order valence-electron chi connectivity index (χ2n) is 4.68. The van der Waals surface area contributed by atoms with Crippen LogP contribution in [-0.4, -0.2) is 35.8 Å². The number of piperidine rings is 1. The predicted molar refractivity (Wildman–Crippen MR) is 61.4 cm³/mol. The smallest absolute Gasteiger partial charge is 0.224 e. The normalized spacial score (nSPS) is 19.5. The number of amides is 2. The first-order chi connectivity index (χ1) is 7.49. The number of hydrogen-bond donors (Lipinski definition) is 2. The fraction of sp³-hybridized carbons (Fsp3) is 0.818. The highest BCUT2D eigenvalue weighted by molar-refractivity contribution is 5.77. The summed E-state index contributed by atoms with van der Waals surface area (Å²) in [7, 11) is 0. The summed E-state index contributed by atoms with van der Waals surface area (Å²) in [6, 6.07) is -0.0872. The van der Waals surface area contributed by atoms with Crippen LogP contribution in [0.3, 0.4) is 0 Å². The van der Waals surface area contributed by atoms with E-state index >= 15 is 0 Å². The molecule has 1 fully saturated rings. The van der Waals surface area contributed by atoms with Gasteiger partial charge in [0, 0.05) is 32.0 Å². The second-order valence-corrected chi connectivity index (χ2v) is 4.68. The molecule has 1 unspecified atom stereocenters. The van der Waals surface area contributed by atoms with Gasteiger partial charge in [0.15, 0.2) is 0 Å². The van der Waals surface area contributed by atoms with Gasteiger partial charge in [-0.05, 0) is 25.7 Å². The highest BCUT2D eigenvalue weighted by Gasteiger charge is 2.23. The Kier molecular flexibility index (Phi) is 4.73. The standard InChI is InChI=1S/C11H21N3O2/c1-8(12)6-11(16)14-4-2-9(3-5-14)7-10(13)15/h8-9H,2-7,12H2,1H3,(H2,13,15). The summed E-state index contributed by atoms with van der Waals surface area (Å²) in [5.41, 5.74) is 10.7. The average molecular weight is 227 g/mol. The third kappa shape index (κ3) is 4.18. The van der Waals surface area contributed by atoms with Crippen LogP contribution in [0.25, 0.3) is 0 Å². The highest BCUT2D eigenvalue weighted by atomic mass is 16.2. The van der Waals surface area contributed by atoms with Crippen LogP contribution in [0.4, 0.5) is 0 Å². The topological polar surface area (TPSA) is 89.4 Å². The Labute approximate surface area is 96.1 Å². The number of carbonyl (C=O) groups is 2. The molecule has 0 aromatic rings. The summed E-state index contributed by atoms with van der Waals surface area (Å²) in [4.78, 5) is 24.3. The Hall–Kier alpha value is -1.10. The van der Waals surface area contributed by atoms with E-state index in [4.69, 9.17) is 11.5 Å². The van der Waals surface area contributed by atoms with Crippen LogP contribution in [0.15, 0.2) is 0 Å². The molecular weight excluding hydrogens is 206 g/mol. The van der Waals surface area contributed by atoms with Crippen molar-refractivity contribution in [3.05, 3.63) is 0 Å². The first kappa shape index (κ1) is 13.0. The first-order valence-electron chi connectivity index (χ1n) is 5.80. The van der Waals surface area contributed by atoms with Gasteiger partial charge < -0.3 is 16.4 Å². The van der Waals surface area contributed by atoms with E-state index < -0.39 is 0 Å². The van der Waals surface area contributed by atoms with Gasteiger partial charge >= 0.3 is 0 Å². The van der Waals surface area contributed by atoms with Gasteiger partial charge in [-0.3, -0.25) is 9.59 Å². The maximum atomic E-state index is 11.7. The number of primary amides is 1. The Morgan fingerprint density at radius 3 is 2.38 bits per heavy atom. The first-order valence-corrected chi connectivity index (χ1v) is 5.80. The lowest BCUT2D eigenvalue weighted by Gasteiger charge is -2.32. The number of nitrogens with two attached hydrogens (primary N) is 2. The summed E-state index contributed by atoms with van der Waals surface area (Å²) in [5, 5.41) is 0. The third-order valence-corrected chi connectivity index (χ3v) is 2.95. The van der Waals surface area contributed by atoms with E-state index in [9.17, 15) is 9.59 Å². The van der Waals surface area contributed by atoms with Gasteiger partial charge in [-0.15, -0.1) is 0 Å². The van der Waals surface area contributed by atoms with Crippen molar-refractivity contribution in [3.8, 4) is 0 Å². The number of rotatable bonds is 4. The second kappa shape index (κ2) is 5.84. The highest BCUT2D eigenvalue weighted by Crippen LogP contribution is 2.20. The molecule has 1 aliphatic rings. The van der Waals surface area contributed by atoms with Crippen molar-refractivity contribution < 1.29 is 9.59 Å². The molecule has 1 rings (SSSR count). The van der Waals surface area contributed by atoms with Crippen LogP contribution in [-0.2, 0) is 9.59 Å². The van der Waals surface area contributed by atoms with Gasteiger partial charge in [0.1, 0.15) is 0 Å². The van der Waals surface area contributed by atoms with E-state index in [1.165, 1.54) is 0 Å². The monoisotopic (exact) mass is 227 g/mol. The molecule has 5 heteroatoms. The summed E-state index contributed by atoms with van der Waals surface area (Å²) < 4.78 is 0. The molecule has 2 amide bonds. The van der Waals surface area contributed by atoms with E-state index in [2.05, 4.69) is 0 Å². The lowest BCUT2D eigenvalue weighted by atomic mass is 9.93. The quantitative estimate of drug-likeness (QED) is 0.699. The largest absolute Gasteiger partial charge is 0.370 e. The molecule has 1 heterocycles. The molecule has 92 valence electrons. The molecule has 1 atom stereocenters. The van der Waals surface area contributed by atoms with Gasteiger partial charge in [-0.2, -0.15) is 0 Å². The molecule has 0 aromatic carbocycles. The zero-order valence-electron chi connectivity index (χ0n) is 9.82. The molecule has 0 bridgehead atoms. The SMILES string of the molecule is CC(N)CC(=O)N1CCC(CC(N)=O)CC1. The fourth-order valence-corrected chi connectivity index (χ4v) is 2.08. The molecule has 5 nitrogen and oxygen atoms in total. The van der Waals surface area contributed by atoms with Crippen LogP contribution in [0.5, 0.6) is 0 Å². The Bertz CT molecular complexity index is 258. The zero-order chi connectivity index (χ0) is 12.1. The van der Waals surface area contributed by atoms with Crippen molar-refractivity contribution in [1.82, 2.24) is 4.90 Å². The molecule has 0 aromatic heterocycles. The average Bonchev–Trinajstić information content (AvgIpc) is 2.16. The Morgan fingerprint density at radius 1 is 1.38 bits per heavy atom. The predicted octanol–water partition coefficient (Wildman–Crippen LogP) is -0.162. The minimum atomic E-state index is -0.250. The lowest BCUT2D eigenvalue weighted by Crippen LogP contribution is -2.41. The zero-order valence-corrected chi connectivity index (χ0v) is 9.82. The number of likely N-dealkylation sites (tertiary alicyclic amines) is 1. The van der Waals surface area contributed by atoms with Crippen molar-refractivity contribution >= 4 is 11.8 Å². The molecule has 0 saturated carbocycles. The molecule has 4 N–H and O–H groups in total. The van der Waals surface area contributed by atoms with E-state index in [1.807, 2.05) is 11.8 Å². The van der Waals surface area contributed by atoms with Crippen molar-refractivity contribution in [1.29, 1.82) is 0 Å². The number of hydrogen-bond acceptors (Lipinski definition) is 3. The Balaban J connectivity index is 2.31. The van der Waals surface area contributed by atoms with E-state index in [1.54, 1.807) is 0 Å². The van der Waals surface area contributed by atoms with Gasteiger partial charge in [0.25, 0.3) is 0 Å². The molecule has 0 radical (unpaired) electrons. The van der Waals surface area contributed by atoms with Crippen LogP contribution < -0.4 is 11.5 Å². The van der Waals surface area contributed by atoms with Gasteiger partial charge in [-0.25, -0.2) is 0 Å². The lowest BCUT2D eigenvalue weighted by molar-refractivity contribution is -0.132. The van der Waals surface area contributed by atoms with E-state index in [0.29, 0.717) is 18.8 Å². The van der Waals surface area contributed by atoms with Crippen molar-refractivity contribution in [2.24, 2.45) is 17.4 Å². The van der Waals surface area contributed by atoms with Crippen molar-refractivity contribution in [2.45, 2.75) is 38.6 Å². The van der Waals surface area contributed by atoms with Gasteiger partial charge in [0.05, 0.1) is 0 Å². The van der Waals surface area contributed by atoms with Crippen LogP contribution in [0.2, 0.25) is 0 Å². The molecule has 0 spiro atoms. The molecule has 16 heavy (non-hydrogen) atoms.